The molecule has 2 heterocycles. The SMILES string of the molecule is CNc1ccnc(CN2CCCCC2CCO)c1. The van der Waals surface area contributed by atoms with Crippen LogP contribution < -0.4 is 5.32 Å². The lowest BCUT2D eigenvalue weighted by Gasteiger charge is -2.35. The number of nitrogens with zero attached hydrogens (tertiary/aromatic N) is 2. The highest BCUT2D eigenvalue weighted by molar-refractivity contribution is 5.42. The molecule has 4 nitrogen and oxygen atoms in total. The Morgan fingerprint density at radius 1 is 1.50 bits per heavy atom. The predicted molar refractivity (Wildman–Crippen MR) is 73.5 cm³/mol. The minimum Gasteiger partial charge on any atom is -0.396 e. The van der Waals surface area contributed by atoms with Crippen LogP contribution in [0.5, 0.6) is 0 Å². The summed E-state index contributed by atoms with van der Waals surface area (Å²) in [6.07, 6.45) is 6.48. The van der Waals surface area contributed by atoms with Crippen LogP contribution >= 0.6 is 0 Å². The number of aliphatic hydroxyl groups excluding tert-OH is 1. The Kier molecular flexibility index (Phi) is 4.96. The minimum atomic E-state index is 0.283. The first-order valence-electron chi connectivity index (χ1n) is 6.81. The maximum absolute atomic E-state index is 9.13. The second-order valence-corrected chi connectivity index (χ2v) is 4.92. The quantitative estimate of drug-likeness (QED) is 0.836. The molecular weight excluding hydrogens is 226 g/mol. The Hall–Kier alpha value is -1.13. The molecule has 0 radical (unpaired) electrons. The summed E-state index contributed by atoms with van der Waals surface area (Å²) in [5.74, 6) is 0. The van der Waals surface area contributed by atoms with E-state index in [0.717, 1.165) is 30.9 Å². The minimum absolute atomic E-state index is 0.283. The molecule has 100 valence electrons. The molecule has 2 rings (SSSR count). The number of hydrogen-bond donors (Lipinski definition) is 2. The summed E-state index contributed by atoms with van der Waals surface area (Å²) in [6, 6.07) is 4.60. The van der Waals surface area contributed by atoms with Crippen molar-refractivity contribution < 1.29 is 5.11 Å². The van der Waals surface area contributed by atoms with Gasteiger partial charge in [-0.3, -0.25) is 9.88 Å². The Labute approximate surface area is 109 Å². The Bertz CT molecular complexity index is 368. The lowest BCUT2D eigenvalue weighted by molar-refractivity contribution is 0.111. The molecule has 4 heteroatoms. The first-order chi connectivity index (χ1) is 8.83. The maximum atomic E-state index is 9.13. The van der Waals surface area contributed by atoms with E-state index in [9.17, 15) is 0 Å². The van der Waals surface area contributed by atoms with Crippen LogP contribution in [0, 0.1) is 0 Å². The summed E-state index contributed by atoms with van der Waals surface area (Å²) < 4.78 is 0. The van der Waals surface area contributed by atoms with Crippen LogP contribution in [0.25, 0.3) is 0 Å². The molecule has 1 atom stereocenters. The predicted octanol–water partition coefficient (Wildman–Crippen LogP) is 1.86. The van der Waals surface area contributed by atoms with E-state index in [4.69, 9.17) is 5.11 Å². The number of anilines is 1. The number of aromatic nitrogens is 1. The molecule has 1 aromatic heterocycles. The molecule has 2 N–H and O–H groups in total. The highest BCUT2D eigenvalue weighted by Crippen LogP contribution is 2.21. The van der Waals surface area contributed by atoms with Gasteiger partial charge < -0.3 is 10.4 Å². The number of aliphatic hydroxyl groups is 1. The van der Waals surface area contributed by atoms with Crippen LogP contribution in [0.3, 0.4) is 0 Å². The monoisotopic (exact) mass is 249 g/mol. The van der Waals surface area contributed by atoms with Gasteiger partial charge in [0.15, 0.2) is 0 Å². The molecular formula is C14H23N3O. The van der Waals surface area contributed by atoms with Crippen molar-refractivity contribution in [3.05, 3.63) is 24.0 Å². The van der Waals surface area contributed by atoms with E-state index < -0.39 is 0 Å². The van der Waals surface area contributed by atoms with Crippen LogP contribution in [-0.4, -0.2) is 41.2 Å². The zero-order valence-electron chi connectivity index (χ0n) is 11.1. The highest BCUT2D eigenvalue weighted by Gasteiger charge is 2.22. The number of rotatable bonds is 5. The number of pyridine rings is 1. The van der Waals surface area contributed by atoms with Gasteiger partial charge in [0.05, 0.1) is 5.69 Å². The van der Waals surface area contributed by atoms with Gasteiger partial charge in [0.2, 0.25) is 0 Å². The van der Waals surface area contributed by atoms with Crippen molar-refractivity contribution >= 4 is 5.69 Å². The van der Waals surface area contributed by atoms with E-state index >= 15 is 0 Å². The molecule has 1 fully saturated rings. The molecule has 0 aromatic carbocycles. The van der Waals surface area contributed by atoms with Crippen molar-refractivity contribution in [2.75, 3.05) is 25.5 Å². The van der Waals surface area contributed by atoms with Gasteiger partial charge in [-0.15, -0.1) is 0 Å². The summed E-state index contributed by atoms with van der Waals surface area (Å²) in [7, 11) is 1.93. The summed E-state index contributed by atoms with van der Waals surface area (Å²) in [4.78, 5) is 6.89. The van der Waals surface area contributed by atoms with E-state index in [1.165, 1.54) is 19.3 Å². The fourth-order valence-corrected chi connectivity index (χ4v) is 2.67. The largest absolute Gasteiger partial charge is 0.396 e. The summed E-state index contributed by atoms with van der Waals surface area (Å²) in [5.41, 5.74) is 2.21. The number of piperidine rings is 1. The van der Waals surface area contributed by atoms with Crippen molar-refractivity contribution in [2.24, 2.45) is 0 Å². The van der Waals surface area contributed by atoms with Crippen molar-refractivity contribution in [1.29, 1.82) is 0 Å². The fraction of sp³-hybridized carbons (Fsp3) is 0.643. The van der Waals surface area contributed by atoms with Gasteiger partial charge in [-0.1, -0.05) is 6.42 Å². The van der Waals surface area contributed by atoms with Crippen LogP contribution in [0.4, 0.5) is 5.69 Å². The van der Waals surface area contributed by atoms with E-state index in [1.807, 2.05) is 19.3 Å². The van der Waals surface area contributed by atoms with E-state index in [0.29, 0.717) is 6.04 Å². The van der Waals surface area contributed by atoms with E-state index in [2.05, 4.69) is 21.3 Å². The molecule has 0 bridgehead atoms. The molecule has 1 aromatic rings. The molecule has 1 saturated heterocycles. The topological polar surface area (TPSA) is 48.4 Å². The molecule has 1 unspecified atom stereocenters. The zero-order valence-corrected chi connectivity index (χ0v) is 11.1. The first kappa shape index (κ1) is 13.3. The maximum Gasteiger partial charge on any atom is 0.0564 e. The summed E-state index contributed by atoms with van der Waals surface area (Å²) in [6.45, 7) is 2.29. The van der Waals surface area contributed by atoms with Crippen LogP contribution in [0.15, 0.2) is 18.3 Å². The first-order valence-corrected chi connectivity index (χ1v) is 6.81. The molecule has 1 aliphatic rings. The fourth-order valence-electron chi connectivity index (χ4n) is 2.67. The second kappa shape index (κ2) is 6.71. The molecule has 0 aliphatic carbocycles. The second-order valence-electron chi connectivity index (χ2n) is 4.92. The smallest absolute Gasteiger partial charge is 0.0564 e. The van der Waals surface area contributed by atoms with Crippen molar-refractivity contribution in [1.82, 2.24) is 9.88 Å². The van der Waals surface area contributed by atoms with Gasteiger partial charge >= 0.3 is 0 Å². The Balaban J connectivity index is 2.01. The third kappa shape index (κ3) is 3.43. The van der Waals surface area contributed by atoms with Crippen LogP contribution in [-0.2, 0) is 6.54 Å². The molecule has 0 spiro atoms. The van der Waals surface area contributed by atoms with Gasteiger partial charge in [-0.25, -0.2) is 0 Å². The van der Waals surface area contributed by atoms with Crippen molar-refractivity contribution in [3.63, 3.8) is 0 Å². The van der Waals surface area contributed by atoms with Gasteiger partial charge in [-0.05, 0) is 37.9 Å². The van der Waals surface area contributed by atoms with E-state index in [1.54, 1.807) is 0 Å². The number of hydrogen-bond acceptors (Lipinski definition) is 4. The van der Waals surface area contributed by atoms with Gasteiger partial charge in [0.1, 0.15) is 0 Å². The third-order valence-corrected chi connectivity index (χ3v) is 3.68. The lowest BCUT2D eigenvalue weighted by Crippen LogP contribution is -2.39. The summed E-state index contributed by atoms with van der Waals surface area (Å²) in [5, 5.41) is 12.3. The summed E-state index contributed by atoms with van der Waals surface area (Å²) >= 11 is 0. The molecule has 0 amide bonds. The van der Waals surface area contributed by atoms with Crippen molar-refractivity contribution in [2.45, 2.75) is 38.3 Å². The molecule has 0 saturated carbocycles. The third-order valence-electron chi connectivity index (χ3n) is 3.68. The van der Waals surface area contributed by atoms with Crippen molar-refractivity contribution in [3.8, 4) is 0 Å². The lowest BCUT2D eigenvalue weighted by atomic mass is 9.99. The van der Waals surface area contributed by atoms with Gasteiger partial charge in [-0.2, -0.15) is 0 Å². The normalized spacial score (nSPS) is 20.9. The standard InChI is InChI=1S/C14H23N3O/c1-15-12-5-7-16-13(10-12)11-17-8-3-2-4-14(17)6-9-18/h5,7,10,14,18H,2-4,6,8-9,11H2,1H3,(H,15,16). The average molecular weight is 249 g/mol. The Morgan fingerprint density at radius 2 is 2.39 bits per heavy atom. The average Bonchev–Trinajstić information content (AvgIpc) is 2.41. The number of nitrogens with one attached hydrogen (secondary N) is 1. The Morgan fingerprint density at radius 3 is 3.17 bits per heavy atom. The highest BCUT2D eigenvalue weighted by atomic mass is 16.3. The molecule has 1 aliphatic heterocycles. The van der Waals surface area contributed by atoms with E-state index in [-0.39, 0.29) is 6.61 Å². The van der Waals surface area contributed by atoms with Gasteiger partial charge in [0.25, 0.3) is 0 Å². The van der Waals surface area contributed by atoms with Gasteiger partial charge in [0, 0.05) is 38.1 Å². The zero-order chi connectivity index (χ0) is 12.8. The molecule has 18 heavy (non-hydrogen) atoms. The number of likely N-dealkylation sites (tertiary alicyclic amines) is 1. The van der Waals surface area contributed by atoms with Crippen LogP contribution in [0.1, 0.15) is 31.4 Å². The van der Waals surface area contributed by atoms with Crippen LogP contribution in [0.2, 0.25) is 0 Å².